The number of rotatable bonds is 3. The first-order valence-corrected chi connectivity index (χ1v) is 11.4. The van der Waals surface area contributed by atoms with E-state index in [0.29, 0.717) is 12.1 Å². The van der Waals surface area contributed by atoms with Gasteiger partial charge in [0, 0.05) is 51.7 Å². The Balaban J connectivity index is 1.83. The first-order chi connectivity index (χ1) is 10.1. The van der Waals surface area contributed by atoms with E-state index in [9.17, 15) is 4.79 Å². The van der Waals surface area contributed by atoms with E-state index in [0.717, 1.165) is 39.3 Å². The number of hydrogen-bond donors (Lipinski definition) is 1. The van der Waals surface area contributed by atoms with Gasteiger partial charge in [0.15, 0.2) is 8.32 Å². The van der Waals surface area contributed by atoms with E-state index < -0.39 is 8.32 Å². The van der Waals surface area contributed by atoms with E-state index in [1.807, 2.05) is 4.90 Å². The summed E-state index contributed by atoms with van der Waals surface area (Å²) in [6.07, 6.45) is 0. The molecule has 2 atom stereocenters. The highest BCUT2D eigenvalue weighted by atomic mass is 28.4. The Morgan fingerprint density at radius 1 is 1.27 bits per heavy atom. The van der Waals surface area contributed by atoms with E-state index in [4.69, 9.17) is 4.43 Å². The molecule has 2 unspecified atom stereocenters. The highest BCUT2D eigenvalue weighted by Gasteiger charge is 2.39. The lowest BCUT2D eigenvalue weighted by Crippen LogP contribution is -2.65. The Morgan fingerprint density at radius 2 is 1.95 bits per heavy atom. The van der Waals surface area contributed by atoms with Crippen molar-refractivity contribution >= 4 is 14.2 Å². The quantitative estimate of drug-likeness (QED) is 0.798. The lowest BCUT2D eigenvalue weighted by molar-refractivity contribution is -0.132. The lowest BCUT2D eigenvalue weighted by atomic mass is 10.1. The van der Waals surface area contributed by atoms with Crippen molar-refractivity contribution in [3.8, 4) is 0 Å². The van der Waals surface area contributed by atoms with Crippen LogP contribution in [0.3, 0.4) is 0 Å². The van der Waals surface area contributed by atoms with Gasteiger partial charge in [-0.25, -0.2) is 0 Å². The fraction of sp³-hybridized carbons (Fsp3) is 0.938. The number of hydrogen-bond acceptors (Lipinski definition) is 4. The summed E-state index contributed by atoms with van der Waals surface area (Å²) in [4.78, 5) is 16.0. The summed E-state index contributed by atoms with van der Waals surface area (Å²) in [6, 6.07) is 0.871. The van der Waals surface area contributed by atoms with Crippen LogP contribution in [0, 0.1) is 0 Å². The van der Waals surface area contributed by atoms with Gasteiger partial charge in [-0.1, -0.05) is 20.8 Å². The van der Waals surface area contributed by atoms with Crippen molar-refractivity contribution in [3.05, 3.63) is 0 Å². The normalized spacial score (nSPS) is 27.6. The van der Waals surface area contributed by atoms with Gasteiger partial charge in [-0.2, -0.15) is 0 Å². The van der Waals surface area contributed by atoms with Crippen LogP contribution in [0.15, 0.2) is 0 Å². The van der Waals surface area contributed by atoms with E-state index in [1.165, 1.54) is 0 Å². The zero-order valence-corrected chi connectivity index (χ0v) is 16.1. The van der Waals surface area contributed by atoms with Gasteiger partial charge in [0.25, 0.3) is 0 Å². The molecule has 0 saturated carbocycles. The zero-order valence-electron chi connectivity index (χ0n) is 15.1. The van der Waals surface area contributed by atoms with E-state index in [1.54, 1.807) is 6.92 Å². The van der Waals surface area contributed by atoms with E-state index in [-0.39, 0.29) is 10.9 Å². The van der Waals surface area contributed by atoms with Crippen molar-refractivity contribution in [2.75, 3.05) is 39.3 Å². The van der Waals surface area contributed by atoms with Gasteiger partial charge >= 0.3 is 0 Å². The SMILES string of the molecule is CC(=O)N1CCN2CC(CO[Si](C)(C)C(C)(C)C)NCC2C1. The Labute approximate surface area is 136 Å². The Bertz CT molecular complexity index is 409. The summed E-state index contributed by atoms with van der Waals surface area (Å²) in [6.45, 7) is 18.6. The summed E-state index contributed by atoms with van der Waals surface area (Å²) >= 11 is 0. The highest BCUT2D eigenvalue weighted by Crippen LogP contribution is 2.36. The smallest absolute Gasteiger partial charge is 0.219 e. The largest absolute Gasteiger partial charge is 0.415 e. The molecule has 0 aliphatic carbocycles. The molecule has 0 spiro atoms. The molecule has 22 heavy (non-hydrogen) atoms. The van der Waals surface area contributed by atoms with Gasteiger partial charge in [0.1, 0.15) is 0 Å². The number of fused-ring (bicyclic) bond motifs is 1. The molecule has 1 N–H and O–H groups in total. The molecular weight excluding hydrogens is 294 g/mol. The molecule has 128 valence electrons. The maximum atomic E-state index is 11.5. The van der Waals surface area contributed by atoms with Crippen molar-refractivity contribution in [3.63, 3.8) is 0 Å². The van der Waals surface area contributed by atoms with Gasteiger partial charge < -0.3 is 14.6 Å². The van der Waals surface area contributed by atoms with Gasteiger partial charge in [-0.15, -0.1) is 0 Å². The Hall–Kier alpha value is -0.433. The first-order valence-electron chi connectivity index (χ1n) is 8.47. The van der Waals surface area contributed by atoms with Crippen LogP contribution in [-0.4, -0.2) is 75.4 Å². The monoisotopic (exact) mass is 327 g/mol. The van der Waals surface area contributed by atoms with Crippen LogP contribution in [-0.2, 0) is 9.22 Å². The van der Waals surface area contributed by atoms with Gasteiger partial charge in [-0.05, 0) is 18.1 Å². The molecule has 0 bridgehead atoms. The molecule has 2 fully saturated rings. The molecule has 2 heterocycles. The van der Waals surface area contributed by atoms with Crippen molar-refractivity contribution in [1.82, 2.24) is 15.1 Å². The van der Waals surface area contributed by atoms with Crippen LogP contribution < -0.4 is 5.32 Å². The second-order valence-electron chi connectivity index (χ2n) is 8.29. The van der Waals surface area contributed by atoms with Crippen LogP contribution >= 0.6 is 0 Å². The minimum Gasteiger partial charge on any atom is -0.415 e. The zero-order chi connectivity index (χ0) is 16.5. The molecule has 0 aromatic rings. The van der Waals surface area contributed by atoms with Crippen LogP contribution in [0.2, 0.25) is 18.1 Å². The van der Waals surface area contributed by atoms with Crippen LogP contribution in [0.1, 0.15) is 27.7 Å². The fourth-order valence-corrected chi connectivity index (χ4v) is 3.95. The predicted octanol–water partition coefficient (Wildman–Crippen LogP) is 1.51. The van der Waals surface area contributed by atoms with Crippen LogP contribution in [0.5, 0.6) is 0 Å². The number of nitrogens with one attached hydrogen (secondary N) is 1. The van der Waals surface area contributed by atoms with Crippen molar-refractivity contribution in [1.29, 1.82) is 0 Å². The molecule has 0 aromatic heterocycles. The number of amides is 1. The summed E-state index contributed by atoms with van der Waals surface area (Å²) in [7, 11) is -1.67. The molecule has 0 radical (unpaired) electrons. The van der Waals surface area contributed by atoms with Gasteiger partial charge in [-0.3, -0.25) is 9.69 Å². The number of piperazine rings is 2. The minimum absolute atomic E-state index is 0.197. The molecule has 0 aromatic carbocycles. The highest BCUT2D eigenvalue weighted by molar-refractivity contribution is 6.74. The Kier molecular flexibility index (Phi) is 5.37. The summed E-state index contributed by atoms with van der Waals surface area (Å²) in [5.41, 5.74) is 0. The molecule has 2 aliphatic rings. The molecular formula is C16H33N3O2Si. The van der Waals surface area contributed by atoms with Crippen molar-refractivity contribution in [2.24, 2.45) is 0 Å². The third-order valence-electron chi connectivity index (χ3n) is 5.60. The standard InChI is InChI=1S/C16H33N3O2Si/c1-13(20)18-7-8-19-10-14(17-9-15(19)11-18)12-21-22(5,6)16(2,3)4/h14-15,17H,7-12H2,1-6H3. The van der Waals surface area contributed by atoms with Crippen molar-refractivity contribution < 1.29 is 9.22 Å². The summed E-state index contributed by atoms with van der Waals surface area (Å²) in [5.74, 6) is 0.197. The summed E-state index contributed by atoms with van der Waals surface area (Å²) in [5, 5.41) is 3.88. The van der Waals surface area contributed by atoms with Gasteiger partial charge in [0.2, 0.25) is 5.91 Å². The molecule has 5 nitrogen and oxygen atoms in total. The third-order valence-corrected chi connectivity index (χ3v) is 10.1. The third kappa shape index (κ3) is 4.10. The predicted molar refractivity (Wildman–Crippen MR) is 92.6 cm³/mol. The van der Waals surface area contributed by atoms with Gasteiger partial charge in [0.05, 0.1) is 6.61 Å². The average Bonchev–Trinajstić information content (AvgIpc) is 2.43. The van der Waals surface area contributed by atoms with Crippen molar-refractivity contribution in [2.45, 2.75) is 57.9 Å². The van der Waals surface area contributed by atoms with E-state index >= 15 is 0 Å². The fourth-order valence-electron chi connectivity index (χ4n) is 2.90. The molecule has 1 amide bonds. The first kappa shape index (κ1) is 17.9. The second-order valence-corrected chi connectivity index (χ2v) is 13.1. The Morgan fingerprint density at radius 3 is 2.55 bits per heavy atom. The number of carbonyl (C=O) groups excluding carboxylic acids is 1. The topological polar surface area (TPSA) is 44.8 Å². The molecule has 2 saturated heterocycles. The van der Waals surface area contributed by atoms with Crippen LogP contribution in [0.25, 0.3) is 0 Å². The maximum absolute atomic E-state index is 11.5. The minimum atomic E-state index is -1.67. The number of nitrogens with zero attached hydrogens (tertiary/aromatic N) is 2. The van der Waals surface area contributed by atoms with E-state index in [2.05, 4.69) is 44.1 Å². The summed E-state index contributed by atoms with van der Waals surface area (Å²) < 4.78 is 6.36. The lowest BCUT2D eigenvalue weighted by Gasteiger charge is -2.47. The van der Waals surface area contributed by atoms with Crippen LogP contribution in [0.4, 0.5) is 0 Å². The maximum Gasteiger partial charge on any atom is 0.219 e. The second kappa shape index (κ2) is 6.59. The molecule has 6 heteroatoms. The molecule has 2 aliphatic heterocycles. The molecule has 2 rings (SSSR count). The average molecular weight is 328 g/mol. The number of carbonyl (C=O) groups is 1.